The van der Waals surface area contributed by atoms with E-state index in [-0.39, 0.29) is 36.3 Å². The van der Waals surface area contributed by atoms with Crippen molar-refractivity contribution in [1.82, 2.24) is 30.4 Å². The van der Waals surface area contributed by atoms with Gasteiger partial charge in [0.2, 0.25) is 11.8 Å². The third-order valence-corrected chi connectivity index (χ3v) is 7.87. The Kier molecular flexibility index (Phi) is 8.53. The highest BCUT2D eigenvalue weighted by atomic mass is 35.5. The van der Waals surface area contributed by atoms with Gasteiger partial charge in [0, 0.05) is 46.3 Å². The first-order valence-electron chi connectivity index (χ1n) is 14.5. The number of hydrogen-bond donors (Lipinski definition) is 4. The number of aromatic hydroxyl groups is 2. The van der Waals surface area contributed by atoms with Crippen molar-refractivity contribution in [1.29, 1.82) is 0 Å². The quantitative estimate of drug-likeness (QED) is 0.176. The number of pyridine rings is 1. The number of rotatable bonds is 9. The molecule has 0 radical (unpaired) electrons. The van der Waals surface area contributed by atoms with E-state index in [0.717, 1.165) is 16.8 Å². The number of carbonyl (C=O) groups is 2. The highest BCUT2D eigenvalue weighted by Crippen LogP contribution is 2.34. The minimum absolute atomic E-state index is 0.0724. The van der Waals surface area contributed by atoms with Gasteiger partial charge >= 0.3 is 0 Å². The summed E-state index contributed by atoms with van der Waals surface area (Å²) in [5.41, 5.74) is 4.24. The first kappa shape index (κ1) is 30.5. The van der Waals surface area contributed by atoms with E-state index in [1.807, 2.05) is 41.8 Å². The van der Waals surface area contributed by atoms with Crippen molar-refractivity contribution in [2.75, 3.05) is 20.2 Å². The van der Waals surface area contributed by atoms with Crippen molar-refractivity contribution in [3.05, 3.63) is 100 Å². The molecule has 0 fully saturated rings. The van der Waals surface area contributed by atoms with Gasteiger partial charge in [0.15, 0.2) is 17.3 Å². The Morgan fingerprint density at radius 2 is 1.74 bits per heavy atom. The molecule has 0 saturated carbocycles. The summed E-state index contributed by atoms with van der Waals surface area (Å²) in [6.45, 7) is 1.90. The first-order valence-corrected chi connectivity index (χ1v) is 14.9. The molecule has 3 aromatic carbocycles. The molecule has 0 aliphatic carbocycles. The lowest BCUT2D eigenvalue weighted by atomic mass is 10.00. The lowest BCUT2D eigenvalue weighted by Gasteiger charge is -2.14. The molecule has 1 aliphatic rings. The minimum atomic E-state index is -0.700. The van der Waals surface area contributed by atoms with Crippen LogP contribution in [-0.2, 0) is 16.0 Å². The summed E-state index contributed by atoms with van der Waals surface area (Å²) in [6.07, 6.45) is 0.360. The molecule has 12 nitrogen and oxygen atoms in total. The number of amides is 2. The molecular weight excluding hydrogens is 610 g/mol. The Morgan fingerprint density at radius 3 is 2.52 bits per heavy atom. The van der Waals surface area contributed by atoms with Gasteiger partial charge < -0.3 is 25.6 Å². The normalized spacial score (nSPS) is 13.7. The molecule has 5 aromatic rings. The van der Waals surface area contributed by atoms with E-state index in [0.29, 0.717) is 57.7 Å². The minimum Gasteiger partial charge on any atom is -0.504 e. The van der Waals surface area contributed by atoms with Crippen LogP contribution in [0.4, 0.5) is 0 Å². The molecule has 4 N–H and O–H groups in total. The zero-order valence-electron chi connectivity index (χ0n) is 25.0. The third-order valence-electron chi connectivity index (χ3n) is 7.62. The van der Waals surface area contributed by atoms with E-state index >= 15 is 0 Å². The number of nitrogens with zero attached hydrogens (tertiary/aromatic N) is 5. The molecule has 1 aliphatic heterocycles. The van der Waals surface area contributed by atoms with E-state index in [1.165, 1.54) is 12.1 Å². The zero-order valence-corrected chi connectivity index (χ0v) is 25.7. The Hall–Kier alpha value is -5.49. The summed E-state index contributed by atoms with van der Waals surface area (Å²) in [5, 5.41) is 34.8. The average Bonchev–Trinajstić information content (AvgIpc) is 3.37. The summed E-state index contributed by atoms with van der Waals surface area (Å²) in [6, 6.07) is 18.6. The maximum absolute atomic E-state index is 13.2. The SMILES string of the molecule is COc1ccc2c(c1)C(c1ccc(Cl)cc1)=N[C@@H](CC(=O)NCC(=O)NCCc1ccc3cc(O)c(O)cc3n1)c1nnc(C)n1-2. The van der Waals surface area contributed by atoms with Crippen LogP contribution in [0.1, 0.15) is 40.9 Å². The number of nitrogens with one attached hydrogen (secondary N) is 2. The van der Waals surface area contributed by atoms with Gasteiger partial charge in [-0.15, -0.1) is 10.2 Å². The number of aliphatic imine (C=N–C) groups is 1. The van der Waals surface area contributed by atoms with Gasteiger partial charge in [0.05, 0.1) is 37.0 Å². The van der Waals surface area contributed by atoms with Crippen molar-refractivity contribution < 1.29 is 24.5 Å². The molecule has 6 rings (SSSR count). The Labute approximate surface area is 268 Å². The maximum atomic E-state index is 13.2. The summed E-state index contributed by atoms with van der Waals surface area (Å²) in [7, 11) is 1.59. The van der Waals surface area contributed by atoms with Gasteiger partial charge in [-0.05, 0) is 49.4 Å². The van der Waals surface area contributed by atoms with Gasteiger partial charge in [-0.2, -0.15) is 0 Å². The molecule has 46 heavy (non-hydrogen) atoms. The second-order valence-electron chi connectivity index (χ2n) is 10.7. The number of carbonyl (C=O) groups excluding carboxylic acids is 2. The number of phenolic OH excluding ortho intramolecular Hbond substituents is 2. The molecule has 2 aromatic heterocycles. The molecule has 0 spiro atoms. The molecule has 0 unspecified atom stereocenters. The molecule has 3 heterocycles. The predicted molar refractivity (Wildman–Crippen MR) is 172 cm³/mol. The third kappa shape index (κ3) is 6.33. The Morgan fingerprint density at radius 1 is 0.957 bits per heavy atom. The summed E-state index contributed by atoms with van der Waals surface area (Å²) in [4.78, 5) is 35.2. The lowest BCUT2D eigenvalue weighted by Crippen LogP contribution is -2.38. The highest BCUT2D eigenvalue weighted by Gasteiger charge is 2.30. The Balaban J connectivity index is 1.14. The van der Waals surface area contributed by atoms with Crippen LogP contribution in [0.3, 0.4) is 0 Å². The standard InChI is InChI=1S/C33H30ClN7O5/c1-18-39-40-33-26(38-32(19-3-6-21(34)7-4-19)24-14-23(46-2)9-10-27(24)41(18)33)16-30(44)36-17-31(45)35-12-11-22-8-5-20-13-28(42)29(43)15-25(20)37-22/h3-10,13-15,26,42-43H,11-12,16-17H2,1-2H3,(H,35,45)(H,36,44)/t26-/m0/s1. The van der Waals surface area contributed by atoms with Crippen LogP contribution >= 0.6 is 11.6 Å². The van der Waals surface area contributed by atoms with Crippen LogP contribution < -0.4 is 15.4 Å². The van der Waals surface area contributed by atoms with Gasteiger partial charge in [0.1, 0.15) is 17.6 Å². The number of aryl methyl sites for hydroxylation is 1. The summed E-state index contributed by atoms with van der Waals surface area (Å²) >= 11 is 6.17. The largest absolute Gasteiger partial charge is 0.504 e. The fourth-order valence-electron chi connectivity index (χ4n) is 5.33. The van der Waals surface area contributed by atoms with Gasteiger partial charge in [-0.25, -0.2) is 0 Å². The first-order chi connectivity index (χ1) is 22.2. The molecule has 1 atom stereocenters. The maximum Gasteiger partial charge on any atom is 0.239 e. The van der Waals surface area contributed by atoms with Crippen molar-refractivity contribution >= 4 is 40.0 Å². The van der Waals surface area contributed by atoms with Crippen molar-refractivity contribution in [2.24, 2.45) is 4.99 Å². The van der Waals surface area contributed by atoms with Crippen LogP contribution in [0.2, 0.25) is 5.02 Å². The number of halogens is 1. The molecule has 13 heteroatoms. The van der Waals surface area contributed by atoms with E-state index in [2.05, 4.69) is 25.8 Å². The van der Waals surface area contributed by atoms with E-state index in [9.17, 15) is 19.8 Å². The predicted octanol–water partition coefficient (Wildman–Crippen LogP) is 3.95. The van der Waals surface area contributed by atoms with E-state index in [1.54, 1.807) is 31.4 Å². The molecule has 234 valence electrons. The van der Waals surface area contributed by atoms with Gasteiger partial charge in [-0.3, -0.25) is 24.1 Å². The number of ether oxygens (including phenoxy) is 1. The fraction of sp³-hybridized carbons (Fsp3) is 0.212. The molecular formula is C33H30ClN7O5. The number of aromatic nitrogens is 4. The van der Waals surface area contributed by atoms with Crippen molar-refractivity contribution in [3.8, 4) is 22.9 Å². The fourth-order valence-corrected chi connectivity index (χ4v) is 5.45. The lowest BCUT2D eigenvalue weighted by molar-refractivity contribution is -0.126. The number of methoxy groups -OCH3 is 1. The zero-order chi connectivity index (χ0) is 32.4. The van der Waals surface area contributed by atoms with E-state index in [4.69, 9.17) is 21.3 Å². The van der Waals surface area contributed by atoms with Gasteiger partial charge in [-0.1, -0.05) is 29.8 Å². The van der Waals surface area contributed by atoms with Crippen molar-refractivity contribution in [3.63, 3.8) is 0 Å². The van der Waals surface area contributed by atoms with Crippen LogP contribution in [0.15, 0.2) is 71.7 Å². The van der Waals surface area contributed by atoms with Crippen LogP contribution in [-0.4, -0.2) is 67.7 Å². The second-order valence-corrected chi connectivity index (χ2v) is 11.2. The van der Waals surface area contributed by atoms with Crippen LogP contribution in [0.5, 0.6) is 17.2 Å². The molecule has 0 saturated heterocycles. The highest BCUT2D eigenvalue weighted by molar-refractivity contribution is 6.30. The molecule has 2 amide bonds. The van der Waals surface area contributed by atoms with Crippen LogP contribution in [0, 0.1) is 6.92 Å². The number of benzene rings is 3. The number of hydrogen-bond acceptors (Lipinski definition) is 9. The summed E-state index contributed by atoms with van der Waals surface area (Å²) < 4.78 is 7.39. The Bertz CT molecular complexity index is 1990. The topological polar surface area (TPSA) is 164 Å². The van der Waals surface area contributed by atoms with Crippen LogP contribution in [0.25, 0.3) is 16.6 Å². The molecule has 0 bridgehead atoms. The van der Waals surface area contributed by atoms with Gasteiger partial charge in [0.25, 0.3) is 0 Å². The number of fused-ring (bicyclic) bond motifs is 4. The van der Waals surface area contributed by atoms with E-state index < -0.39 is 6.04 Å². The second kappa shape index (κ2) is 12.9. The smallest absolute Gasteiger partial charge is 0.239 e. The van der Waals surface area contributed by atoms with Crippen molar-refractivity contribution in [2.45, 2.75) is 25.8 Å². The summed E-state index contributed by atoms with van der Waals surface area (Å²) in [5.74, 6) is 0.569. The monoisotopic (exact) mass is 639 g/mol. The number of phenols is 2. The average molecular weight is 640 g/mol.